The number of benzene rings is 1. The quantitative estimate of drug-likeness (QED) is 0.684. The molecule has 0 aliphatic carbocycles. The fourth-order valence-corrected chi connectivity index (χ4v) is 3.06. The molecule has 0 bridgehead atoms. The summed E-state index contributed by atoms with van der Waals surface area (Å²) in [6.07, 6.45) is 5.27. The van der Waals surface area contributed by atoms with E-state index in [0.29, 0.717) is 5.92 Å². The third-order valence-corrected chi connectivity index (χ3v) is 4.16. The Balaban J connectivity index is 2.96. The van der Waals surface area contributed by atoms with Crippen LogP contribution in [0.25, 0.3) is 0 Å². The Morgan fingerprint density at radius 1 is 1.11 bits per heavy atom. The Morgan fingerprint density at radius 2 is 1.72 bits per heavy atom. The minimum Gasteiger partial charge on any atom is -0.388 e. The minimum atomic E-state index is 0.665. The summed E-state index contributed by atoms with van der Waals surface area (Å²) in [5.74, 6) is 1.49. The van der Waals surface area contributed by atoms with Crippen molar-refractivity contribution in [3.05, 3.63) is 29.3 Å². The van der Waals surface area contributed by atoms with Gasteiger partial charge in [-0.25, -0.2) is 0 Å². The second kappa shape index (κ2) is 7.45. The average Bonchev–Trinajstić information content (AvgIpc) is 2.38. The van der Waals surface area contributed by atoms with E-state index in [2.05, 4.69) is 51.2 Å². The molecule has 0 saturated heterocycles. The first-order valence-corrected chi connectivity index (χ1v) is 7.42. The van der Waals surface area contributed by atoms with E-state index in [1.165, 1.54) is 42.5 Å². The number of anilines is 1. The van der Waals surface area contributed by atoms with Gasteiger partial charge in [-0.3, -0.25) is 0 Å². The van der Waals surface area contributed by atoms with E-state index in [1.54, 1.807) is 0 Å². The smallest absolute Gasteiger partial charge is 0.0370 e. The highest BCUT2D eigenvalue weighted by Gasteiger charge is 2.19. The van der Waals surface area contributed by atoms with E-state index in [4.69, 9.17) is 0 Å². The lowest BCUT2D eigenvalue weighted by atomic mass is 9.80. The van der Waals surface area contributed by atoms with Crippen LogP contribution in [0.15, 0.2) is 18.2 Å². The third-order valence-electron chi connectivity index (χ3n) is 4.16. The summed E-state index contributed by atoms with van der Waals surface area (Å²) in [7, 11) is 2.01. The zero-order valence-electron chi connectivity index (χ0n) is 12.7. The SMILES string of the molecule is CCCC(CCC)C(C)c1cccc(NC)c1C. The molecule has 18 heavy (non-hydrogen) atoms. The molecule has 1 N–H and O–H groups in total. The number of hydrogen-bond donors (Lipinski definition) is 1. The molecule has 1 aromatic carbocycles. The maximum Gasteiger partial charge on any atom is 0.0370 e. The molecule has 1 rings (SSSR count). The molecule has 1 nitrogen and oxygen atoms in total. The van der Waals surface area contributed by atoms with Gasteiger partial charge < -0.3 is 5.32 Å². The Labute approximate surface area is 113 Å². The molecular weight excluding hydrogens is 218 g/mol. The maximum absolute atomic E-state index is 3.29. The molecule has 1 heteroatoms. The lowest BCUT2D eigenvalue weighted by molar-refractivity contribution is 0.379. The lowest BCUT2D eigenvalue weighted by Crippen LogP contribution is -2.12. The van der Waals surface area contributed by atoms with Crippen molar-refractivity contribution in [1.82, 2.24) is 0 Å². The van der Waals surface area contributed by atoms with Crippen LogP contribution >= 0.6 is 0 Å². The maximum atomic E-state index is 3.29. The van der Waals surface area contributed by atoms with Gasteiger partial charge in [-0.2, -0.15) is 0 Å². The number of hydrogen-bond acceptors (Lipinski definition) is 1. The average molecular weight is 247 g/mol. The summed E-state index contributed by atoms with van der Waals surface area (Å²) < 4.78 is 0. The second-order valence-electron chi connectivity index (χ2n) is 5.40. The molecule has 102 valence electrons. The summed E-state index contributed by atoms with van der Waals surface area (Å²) in [4.78, 5) is 0. The normalized spacial score (nSPS) is 12.8. The third kappa shape index (κ3) is 3.51. The van der Waals surface area contributed by atoms with Crippen molar-refractivity contribution in [1.29, 1.82) is 0 Å². The number of nitrogens with one attached hydrogen (secondary N) is 1. The van der Waals surface area contributed by atoms with Crippen molar-refractivity contribution in [2.45, 2.75) is 59.3 Å². The van der Waals surface area contributed by atoms with Gasteiger partial charge in [-0.1, -0.05) is 58.6 Å². The fraction of sp³-hybridized carbons (Fsp3) is 0.647. The zero-order valence-corrected chi connectivity index (χ0v) is 12.7. The van der Waals surface area contributed by atoms with Gasteiger partial charge in [0.2, 0.25) is 0 Å². The summed E-state index contributed by atoms with van der Waals surface area (Å²) in [5.41, 5.74) is 4.21. The predicted molar refractivity (Wildman–Crippen MR) is 82.4 cm³/mol. The lowest BCUT2D eigenvalue weighted by Gasteiger charge is -2.26. The summed E-state index contributed by atoms with van der Waals surface area (Å²) >= 11 is 0. The number of rotatable bonds is 7. The first-order valence-electron chi connectivity index (χ1n) is 7.42. The van der Waals surface area contributed by atoms with Gasteiger partial charge in [0.05, 0.1) is 0 Å². The van der Waals surface area contributed by atoms with Gasteiger partial charge in [-0.05, 0) is 36.0 Å². The van der Waals surface area contributed by atoms with Crippen molar-refractivity contribution in [3.63, 3.8) is 0 Å². The first kappa shape index (κ1) is 15.1. The largest absolute Gasteiger partial charge is 0.388 e. The van der Waals surface area contributed by atoms with Crippen LogP contribution in [0, 0.1) is 12.8 Å². The molecule has 0 heterocycles. The Kier molecular flexibility index (Phi) is 6.24. The van der Waals surface area contributed by atoms with Crippen LogP contribution in [-0.4, -0.2) is 7.05 Å². The molecule has 0 saturated carbocycles. The van der Waals surface area contributed by atoms with E-state index < -0.39 is 0 Å². The highest BCUT2D eigenvalue weighted by Crippen LogP contribution is 2.34. The summed E-state index contributed by atoms with van der Waals surface area (Å²) in [5, 5.41) is 3.29. The van der Waals surface area contributed by atoms with E-state index in [9.17, 15) is 0 Å². The molecule has 0 aliphatic heterocycles. The Bertz CT molecular complexity index is 351. The van der Waals surface area contributed by atoms with Gasteiger partial charge in [0.1, 0.15) is 0 Å². The molecule has 0 aromatic heterocycles. The Hall–Kier alpha value is -0.980. The van der Waals surface area contributed by atoms with Gasteiger partial charge >= 0.3 is 0 Å². The molecule has 0 amide bonds. The molecule has 0 fully saturated rings. The van der Waals surface area contributed by atoms with Crippen LogP contribution in [-0.2, 0) is 0 Å². The standard InChI is InChI=1S/C17H29N/c1-6-9-15(10-7-2)13(3)16-11-8-12-17(18-5)14(16)4/h8,11-13,15,18H,6-7,9-10H2,1-5H3. The molecule has 1 unspecified atom stereocenters. The van der Waals surface area contributed by atoms with Crippen LogP contribution in [0.3, 0.4) is 0 Å². The van der Waals surface area contributed by atoms with Crippen LogP contribution in [0.4, 0.5) is 5.69 Å². The van der Waals surface area contributed by atoms with Crippen LogP contribution < -0.4 is 5.32 Å². The van der Waals surface area contributed by atoms with E-state index in [0.717, 1.165) is 5.92 Å². The van der Waals surface area contributed by atoms with E-state index >= 15 is 0 Å². The van der Waals surface area contributed by atoms with Crippen molar-refractivity contribution in [3.8, 4) is 0 Å². The zero-order chi connectivity index (χ0) is 13.5. The summed E-state index contributed by atoms with van der Waals surface area (Å²) in [6, 6.07) is 6.65. The topological polar surface area (TPSA) is 12.0 Å². The van der Waals surface area contributed by atoms with Crippen molar-refractivity contribution >= 4 is 5.69 Å². The molecule has 0 spiro atoms. The van der Waals surface area contributed by atoms with E-state index in [-0.39, 0.29) is 0 Å². The fourth-order valence-electron chi connectivity index (χ4n) is 3.06. The highest BCUT2D eigenvalue weighted by atomic mass is 14.8. The minimum absolute atomic E-state index is 0.665. The monoisotopic (exact) mass is 247 g/mol. The predicted octanol–water partition coefficient (Wildman–Crippen LogP) is 5.36. The van der Waals surface area contributed by atoms with Gasteiger partial charge in [0.15, 0.2) is 0 Å². The Morgan fingerprint density at radius 3 is 2.22 bits per heavy atom. The molecule has 1 atom stereocenters. The molecule has 0 radical (unpaired) electrons. The highest BCUT2D eigenvalue weighted by molar-refractivity contribution is 5.54. The van der Waals surface area contributed by atoms with Crippen molar-refractivity contribution in [2.24, 2.45) is 5.92 Å². The van der Waals surface area contributed by atoms with Crippen LogP contribution in [0.5, 0.6) is 0 Å². The van der Waals surface area contributed by atoms with E-state index in [1.807, 2.05) is 7.05 Å². The van der Waals surface area contributed by atoms with Crippen LogP contribution in [0.1, 0.15) is 63.5 Å². The second-order valence-corrected chi connectivity index (χ2v) is 5.40. The van der Waals surface area contributed by atoms with Gasteiger partial charge in [-0.15, -0.1) is 0 Å². The van der Waals surface area contributed by atoms with Crippen molar-refractivity contribution in [2.75, 3.05) is 12.4 Å². The first-order chi connectivity index (χ1) is 8.65. The molecular formula is C17H29N. The van der Waals surface area contributed by atoms with Crippen LogP contribution in [0.2, 0.25) is 0 Å². The molecule has 1 aromatic rings. The van der Waals surface area contributed by atoms with Gasteiger partial charge in [0.25, 0.3) is 0 Å². The summed E-state index contributed by atoms with van der Waals surface area (Å²) in [6.45, 7) is 9.24. The molecule has 0 aliphatic rings. The van der Waals surface area contributed by atoms with Gasteiger partial charge in [0, 0.05) is 12.7 Å². The van der Waals surface area contributed by atoms with Crippen molar-refractivity contribution < 1.29 is 0 Å².